The smallest absolute Gasteiger partial charge is 0.351 e. The highest BCUT2D eigenvalue weighted by molar-refractivity contribution is 5.90. The zero-order valence-corrected chi connectivity index (χ0v) is 14.4. The number of aromatic nitrogens is 1. The van der Waals surface area contributed by atoms with E-state index in [4.69, 9.17) is 5.73 Å². The number of urea groups is 1. The number of primary amides is 1. The second-order valence-corrected chi connectivity index (χ2v) is 6.02. The van der Waals surface area contributed by atoms with E-state index in [1.165, 1.54) is 0 Å². The van der Waals surface area contributed by atoms with Gasteiger partial charge >= 0.3 is 12.2 Å². The minimum Gasteiger partial charge on any atom is -0.351 e. The summed E-state index contributed by atoms with van der Waals surface area (Å²) in [6, 6.07) is 12.1. The number of halogens is 4. The monoisotopic (exact) mass is 389 g/mol. The highest BCUT2D eigenvalue weighted by atomic mass is 19.4. The topological polar surface area (TPSA) is 59.2 Å². The molecule has 0 saturated carbocycles. The van der Waals surface area contributed by atoms with Crippen LogP contribution in [0.4, 0.5) is 28.0 Å². The molecule has 0 atom stereocenters. The Kier molecular flexibility index (Phi) is 5.30. The molecule has 0 bridgehead atoms. The summed E-state index contributed by atoms with van der Waals surface area (Å²) in [5.74, 6) is -1.42. The second-order valence-electron chi connectivity index (χ2n) is 6.02. The predicted molar refractivity (Wildman–Crippen MR) is 96.8 cm³/mol. The molecule has 0 fully saturated rings. The van der Waals surface area contributed by atoms with Gasteiger partial charge in [0.25, 0.3) is 0 Å². The lowest BCUT2D eigenvalue weighted by Gasteiger charge is -2.22. The van der Waals surface area contributed by atoms with Crippen LogP contribution in [-0.4, -0.2) is 11.0 Å². The summed E-state index contributed by atoms with van der Waals surface area (Å²) in [5, 5.41) is 0. The molecule has 1 heterocycles. The molecule has 0 radical (unpaired) electrons. The van der Waals surface area contributed by atoms with Crippen LogP contribution in [0.15, 0.2) is 67.0 Å². The number of nitrogens with two attached hydrogens (primary N) is 1. The maximum absolute atomic E-state index is 13.5. The van der Waals surface area contributed by atoms with Crippen LogP contribution < -0.4 is 10.6 Å². The molecule has 0 saturated heterocycles. The third-order valence-electron chi connectivity index (χ3n) is 4.12. The van der Waals surface area contributed by atoms with Gasteiger partial charge in [-0.3, -0.25) is 9.88 Å². The van der Waals surface area contributed by atoms with Gasteiger partial charge < -0.3 is 5.73 Å². The minimum absolute atomic E-state index is 0.0639. The first kappa shape index (κ1) is 19.3. The Morgan fingerprint density at radius 2 is 1.75 bits per heavy atom. The molecule has 3 rings (SSSR count). The van der Waals surface area contributed by atoms with Crippen LogP contribution in [0.25, 0.3) is 11.1 Å². The molecule has 1 aromatic heterocycles. The van der Waals surface area contributed by atoms with Gasteiger partial charge in [-0.2, -0.15) is 13.2 Å². The van der Waals surface area contributed by atoms with Crippen molar-refractivity contribution < 1.29 is 22.4 Å². The molecule has 0 unspecified atom stereocenters. The Morgan fingerprint density at radius 3 is 2.32 bits per heavy atom. The molecular formula is C20H15F4N3O. The molecular weight excluding hydrogens is 374 g/mol. The number of benzene rings is 2. The SMILES string of the molecule is NC(=O)N(Cc1ccc(-c2cccnc2)cc1)c1ccc(F)c(C(F)(F)F)c1. The number of hydrogen-bond acceptors (Lipinski definition) is 2. The maximum atomic E-state index is 13.5. The van der Waals surface area contributed by atoms with Crippen LogP contribution in [0.1, 0.15) is 11.1 Å². The van der Waals surface area contributed by atoms with Gasteiger partial charge in [-0.25, -0.2) is 9.18 Å². The van der Waals surface area contributed by atoms with E-state index >= 15 is 0 Å². The van der Waals surface area contributed by atoms with Crippen molar-refractivity contribution in [2.45, 2.75) is 12.7 Å². The number of nitrogens with zero attached hydrogens (tertiary/aromatic N) is 2. The van der Waals surface area contributed by atoms with E-state index < -0.39 is 23.6 Å². The van der Waals surface area contributed by atoms with Gasteiger partial charge in [-0.1, -0.05) is 30.3 Å². The zero-order chi connectivity index (χ0) is 20.3. The maximum Gasteiger partial charge on any atom is 0.419 e. The first-order valence-electron chi connectivity index (χ1n) is 8.19. The highest BCUT2D eigenvalue weighted by Crippen LogP contribution is 2.34. The van der Waals surface area contributed by atoms with Gasteiger partial charge in [0.2, 0.25) is 0 Å². The minimum atomic E-state index is -4.88. The lowest BCUT2D eigenvalue weighted by Crippen LogP contribution is -2.35. The lowest BCUT2D eigenvalue weighted by atomic mass is 10.1. The third-order valence-corrected chi connectivity index (χ3v) is 4.12. The first-order chi connectivity index (χ1) is 13.3. The van der Waals surface area contributed by atoms with Crippen molar-refractivity contribution in [2.75, 3.05) is 4.90 Å². The zero-order valence-electron chi connectivity index (χ0n) is 14.4. The molecule has 4 nitrogen and oxygen atoms in total. The fourth-order valence-corrected chi connectivity index (χ4v) is 2.71. The summed E-state index contributed by atoms with van der Waals surface area (Å²) < 4.78 is 52.3. The van der Waals surface area contributed by atoms with Crippen molar-refractivity contribution in [3.63, 3.8) is 0 Å². The van der Waals surface area contributed by atoms with Crippen molar-refractivity contribution in [2.24, 2.45) is 5.73 Å². The fraction of sp³-hybridized carbons (Fsp3) is 0.100. The van der Waals surface area contributed by atoms with Crippen molar-refractivity contribution in [3.8, 4) is 11.1 Å². The van der Waals surface area contributed by atoms with E-state index in [0.29, 0.717) is 17.7 Å². The lowest BCUT2D eigenvalue weighted by molar-refractivity contribution is -0.139. The van der Waals surface area contributed by atoms with Crippen LogP contribution in [0.3, 0.4) is 0 Å². The average Bonchev–Trinajstić information content (AvgIpc) is 2.67. The second kappa shape index (κ2) is 7.67. The molecule has 0 aliphatic rings. The number of carbonyl (C=O) groups excluding carboxylic acids is 1. The van der Waals surface area contributed by atoms with E-state index in [-0.39, 0.29) is 12.2 Å². The number of rotatable bonds is 4. The van der Waals surface area contributed by atoms with E-state index in [2.05, 4.69) is 4.98 Å². The normalized spacial score (nSPS) is 11.3. The molecule has 2 amide bonds. The van der Waals surface area contributed by atoms with Crippen LogP contribution in [0, 0.1) is 5.82 Å². The summed E-state index contributed by atoms with van der Waals surface area (Å²) in [4.78, 5) is 16.8. The molecule has 0 spiro atoms. The van der Waals surface area contributed by atoms with Gasteiger partial charge in [0.1, 0.15) is 5.82 Å². The third kappa shape index (κ3) is 4.28. The summed E-state index contributed by atoms with van der Waals surface area (Å²) >= 11 is 0. The fourth-order valence-electron chi connectivity index (χ4n) is 2.71. The van der Waals surface area contributed by atoms with Gasteiger partial charge in [0.15, 0.2) is 0 Å². The summed E-state index contributed by atoms with van der Waals surface area (Å²) in [7, 11) is 0. The Hall–Kier alpha value is -3.42. The van der Waals surface area contributed by atoms with Gasteiger partial charge in [-0.05, 0) is 41.0 Å². The highest BCUT2D eigenvalue weighted by Gasteiger charge is 2.35. The van der Waals surface area contributed by atoms with Crippen molar-refractivity contribution in [3.05, 3.63) is 83.9 Å². The molecule has 8 heteroatoms. The Labute approximate surface area is 158 Å². The Morgan fingerprint density at radius 1 is 1.04 bits per heavy atom. The predicted octanol–water partition coefficient (Wildman–Crippen LogP) is 4.99. The average molecular weight is 389 g/mol. The molecule has 2 N–H and O–H groups in total. The quantitative estimate of drug-likeness (QED) is 0.639. The molecule has 144 valence electrons. The van der Waals surface area contributed by atoms with Crippen LogP contribution >= 0.6 is 0 Å². The standard InChI is InChI=1S/C20H15F4N3O/c21-18-8-7-16(10-17(18)20(22,23)24)27(19(25)28)12-13-3-5-14(6-4-13)15-2-1-9-26-11-15/h1-11H,12H2,(H2,25,28). The molecule has 0 aliphatic heterocycles. The van der Waals surface area contributed by atoms with Gasteiger partial charge in [0.05, 0.1) is 12.1 Å². The Balaban J connectivity index is 1.87. The van der Waals surface area contributed by atoms with E-state index in [0.717, 1.165) is 22.1 Å². The first-order valence-corrected chi connectivity index (χ1v) is 8.19. The summed E-state index contributed by atoms with van der Waals surface area (Å²) in [5.41, 5.74) is 6.17. The number of anilines is 1. The van der Waals surface area contributed by atoms with E-state index in [1.54, 1.807) is 42.7 Å². The molecule has 0 aliphatic carbocycles. The van der Waals surface area contributed by atoms with Crippen LogP contribution in [0.5, 0.6) is 0 Å². The van der Waals surface area contributed by atoms with Crippen molar-refractivity contribution >= 4 is 11.7 Å². The molecule has 3 aromatic rings. The van der Waals surface area contributed by atoms with Gasteiger partial charge in [0, 0.05) is 18.1 Å². The largest absolute Gasteiger partial charge is 0.419 e. The van der Waals surface area contributed by atoms with Crippen LogP contribution in [-0.2, 0) is 12.7 Å². The summed E-state index contributed by atoms with van der Waals surface area (Å²) in [6.45, 7) is -0.0639. The number of hydrogen-bond donors (Lipinski definition) is 1. The van der Waals surface area contributed by atoms with E-state index in [9.17, 15) is 22.4 Å². The molecule has 2 aromatic carbocycles. The van der Waals surface area contributed by atoms with Crippen molar-refractivity contribution in [1.29, 1.82) is 0 Å². The van der Waals surface area contributed by atoms with E-state index in [1.807, 2.05) is 6.07 Å². The van der Waals surface area contributed by atoms with Crippen molar-refractivity contribution in [1.82, 2.24) is 4.98 Å². The van der Waals surface area contributed by atoms with Crippen LogP contribution in [0.2, 0.25) is 0 Å². The molecule has 28 heavy (non-hydrogen) atoms. The van der Waals surface area contributed by atoms with Gasteiger partial charge in [-0.15, -0.1) is 0 Å². The Bertz CT molecular complexity index is 973. The number of alkyl halides is 3. The number of pyridine rings is 1. The summed E-state index contributed by atoms with van der Waals surface area (Å²) in [6.07, 6.45) is -1.53. The number of amides is 2. The number of carbonyl (C=O) groups is 1.